The first-order valence-corrected chi connectivity index (χ1v) is 7.21. The Hall–Kier alpha value is -1.91. The lowest BCUT2D eigenvalue weighted by Crippen LogP contribution is -2.14. The molecule has 116 valence electrons. The van der Waals surface area contributed by atoms with Crippen molar-refractivity contribution in [1.82, 2.24) is 0 Å². The Bertz CT molecular complexity index is 683. The van der Waals surface area contributed by atoms with Gasteiger partial charge < -0.3 is 14.9 Å². The van der Waals surface area contributed by atoms with E-state index in [-0.39, 0.29) is 17.9 Å². The molecule has 0 fully saturated rings. The van der Waals surface area contributed by atoms with Crippen molar-refractivity contribution in [1.29, 1.82) is 0 Å². The van der Waals surface area contributed by atoms with Gasteiger partial charge in [0.2, 0.25) is 0 Å². The maximum Gasteiger partial charge on any atom is 0.311 e. The molecule has 0 bridgehead atoms. The zero-order valence-corrected chi connectivity index (χ0v) is 13.2. The van der Waals surface area contributed by atoms with Gasteiger partial charge in [-0.05, 0) is 30.2 Å². The second kappa shape index (κ2) is 6.90. The molecule has 0 saturated carbocycles. The number of ether oxygens (including phenoxy) is 1. The van der Waals surface area contributed by atoms with Crippen LogP contribution in [0.15, 0.2) is 36.4 Å². The van der Waals surface area contributed by atoms with Gasteiger partial charge in [0.25, 0.3) is 0 Å². The van der Waals surface area contributed by atoms with E-state index in [2.05, 4.69) is 0 Å². The number of aliphatic carboxylic acids is 1. The van der Waals surface area contributed by atoms with Crippen LogP contribution in [0.1, 0.15) is 17.0 Å². The van der Waals surface area contributed by atoms with Crippen LogP contribution in [0.25, 0.3) is 0 Å². The first kappa shape index (κ1) is 16.5. The van der Waals surface area contributed by atoms with Crippen molar-refractivity contribution in [2.75, 3.05) is 7.11 Å². The number of carboxylic acids is 1. The molecule has 4 nitrogen and oxygen atoms in total. The van der Waals surface area contributed by atoms with Crippen molar-refractivity contribution >= 4 is 29.2 Å². The van der Waals surface area contributed by atoms with Crippen molar-refractivity contribution in [2.45, 2.75) is 12.3 Å². The third-order valence-corrected chi connectivity index (χ3v) is 3.80. The highest BCUT2D eigenvalue weighted by atomic mass is 35.5. The lowest BCUT2D eigenvalue weighted by atomic mass is 9.91. The molecule has 2 aromatic carbocycles. The topological polar surface area (TPSA) is 66.8 Å². The second-order valence-corrected chi connectivity index (χ2v) is 5.64. The molecule has 0 aliphatic rings. The molecule has 2 rings (SSSR count). The maximum atomic E-state index is 11.6. The van der Waals surface area contributed by atoms with E-state index in [1.54, 1.807) is 24.3 Å². The SMILES string of the molecule is COc1cc(Cl)cc(CC(C(=O)O)c2ccc(Cl)cc2)c1O. The number of hydrogen-bond acceptors (Lipinski definition) is 3. The summed E-state index contributed by atoms with van der Waals surface area (Å²) in [6.07, 6.45) is 0.0831. The number of carbonyl (C=O) groups is 1. The van der Waals surface area contributed by atoms with E-state index >= 15 is 0 Å². The Balaban J connectivity index is 2.39. The van der Waals surface area contributed by atoms with Crippen molar-refractivity contribution in [2.24, 2.45) is 0 Å². The second-order valence-electron chi connectivity index (χ2n) is 4.76. The number of benzene rings is 2. The van der Waals surface area contributed by atoms with E-state index in [0.29, 0.717) is 21.2 Å². The predicted octanol–water partition coefficient (Wildman–Crippen LogP) is 4.12. The van der Waals surface area contributed by atoms with E-state index in [1.807, 2.05) is 0 Å². The van der Waals surface area contributed by atoms with Crippen molar-refractivity contribution < 1.29 is 19.7 Å². The van der Waals surface area contributed by atoms with E-state index < -0.39 is 11.9 Å². The standard InChI is InChI=1S/C16H14Cl2O4/c1-22-14-8-12(18)6-10(15(14)19)7-13(16(20)21)9-2-4-11(17)5-3-9/h2-6,8,13,19H,7H2,1H3,(H,20,21). The highest BCUT2D eigenvalue weighted by Gasteiger charge is 2.23. The highest BCUT2D eigenvalue weighted by molar-refractivity contribution is 6.31. The highest BCUT2D eigenvalue weighted by Crippen LogP contribution is 2.36. The molecule has 1 unspecified atom stereocenters. The monoisotopic (exact) mass is 340 g/mol. The Morgan fingerprint density at radius 3 is 2.36 bits per heavy atom. The van der Waals surface area contributed by atoms with Crippen molar-refractivity contribution in [3.8, 4) is 11.5 Å². The zero-order chi connectivity index (χ0) is 16.3. The summed E-state index contributed by atoms with van der Waals surface area (Å²) in [5.74, 6) is -1.72. The summed E-state index contributed by atoms with van der Waals surface area (Å²) in [5.41, 5.74) is 1.00. The normalized spacial score (nSPS) is 12.0. The summed E-state index contributed by atoms with van der Waals surface area (Å²) >= 11 is 11.8. The lowest BCUT2D eigenvalue weighted by molar-refractivity contribution is -0.138. The number of rotatable bonds is 5. The fourth-order valence-corrected chi connectivity index (χ4v) is 2.56. The Morgan fingerprint density at radius 2 is 1.82 bits per heavy atom. The molecule has 0 saturated heterocycles. The van der Waals surface area contributed by atoms with Crippen LogP contribution in [0.2, 0.25) is 10.0 Å². The smallest absolute Gasteiger partial charge is 0.311 e. The first-order chi connectivity index (χ1) is 10.4. The average molecular weight is 341 g/mol. The van der Waals surface area contributed by atoms with Crippen LogP contribution in [0, 0.1) is 0 Å². The lowest BCUT2D eigenvalue weighted by Gasteiger charge is -2.15. The molecule has 0 amide bonds. The third-order valence-electron chi connectivity index (χ3n) is 3.33. The van der Waals surface area contributed by atoms with Gasteiger partial charge in [-0.25, -0.2) is 0 Å². The molecule has 2 N–H and O–H groups in total. The summed E-state index contributed by atoms with van der Waals surface area (Å²) in [4.78, 5) is 11.6. The van der Waals surface area contributed by atoms with E-state index in [4.69, 9.17) is 27.9 Å². The van der Waals surface area contributed by atoms with E-state index in [9.17, 15) is 15.0 Å². The molecule has 1 atom stereocenters. The molecule has 0 spiro atoms. The van der Waals surface area contributed by atoms with Gasteiger partial charge in [-0.2, -0.15) is 0 Å². The predicted molar refractivity (Wildman–Crippen MR) is 85.2 cm³/mol. The minimum absolute atomic E-state index is 0.0831. The van der Waals surface area contributed by atoms with E-state index in [0.717, 1.165) is 0 Å². The molecule has 0 aliphatic carbocycles. The van der Waals surface area contributed by atoms with Gasteiger partial charge in [0.05, 0.1) is 13.0 Å². The van der Waals surface area contributed by atoms with Gasteiger partial charge in [0, 0.05) is 21.7 Å². The molecular weight excluding hydrogens is 327 g/mol. The number of phenols is 1. The molecular formula is C16H14Cl2O4. The molecule has 2 aromatic rings. The molecule has 6 heteroatoms. The quantitative estimate of drug-likeness (QED) is 0.859. The maximum absolute atomic E-state index is 11.6. The zero-order valence-electron chi connectivity index (χ0n) is 11.7. The number of halogens is 2. The minimum atomic E-state index is -0.999. The number of methoxy groups -OCH3 is 1. The number of aromatic hydroxyl groups is 1. The van der Waals surface area contributed by atoms with Gasteiger partial charge in [0.15, 0.2) is 11.5 Å². The summed E-state index contributed by atoms with van der Waals surface area (Å²) in [7, 11) is 1.41. The average Bonchev–Trinajstić information content (AvgIpc) is 2.48. The van der Waals surface area contributed by atoms with Crippen LogP contribution < -0.4 is 4.74 Å². The molecule has 0 aromatic heterocycles. The van der Waals surface area contributed by atoms with Crippen LogP contribution in [0.3, 0.4) is 0 Å². The Kier molecular flexibility index (Phi) is 5.16. The van der Waals surface area contributed by atoms with Crippen LogP contribution in [-0.4, -0.2) is 23.3 Å². The number of phenolic OH excluding ortho intramolecular Hbond substituents is 1. The first-order valence-electron chi connectivity index (χ1n) is 6.46. The fraction of sp³-hybridized carbons (Fsp3) is 0.188. The van der Waals surface area contributed by atoms with Crippen LogP contribution in [0.4, 0.5) is 0 Å². The van der Waals surface area contributed by atoms with Crippen LogP contribution >= 0.6 is 23.2 Å². The van der Waals surface area contributed by atoms with Gasteiger partial charge in [-0.1, -0.05) is 35.3 Å². The molecule has 22 heavy (non-hydrogen) atoms. The van der Waals surface area contributed by atoms with Crippen LogP contribution in [-0.2, 0) is 11.2 Å². The van der Waals surface area contributed by atoms with Gasteiger partial charge >= 0.3 is 5.97 Å². The van der Waals surface area contributed by atoms with Crippen molar-refractivity contribution in [3.63, 3.8) is 0 Å². The van der Waals surface area contributed by atoms with Crippen LogP contribution in [0.5, 0.6) is 11.5 Å². The van der Waals surface area contributed by atoms with E-state index in [1.165, 1.54) is 19.2 Å². The number of hydrogen-bond donors (Lipinski definition) is 2. The largest absolute Gasteiger partial charge is 0.504 e. The molecule has 0 radical (unpaired) electrons. The summed E-state index contributed by atoms with van der Waals surface area (Å²) in [5, 5.41) is 20.5. The third kappa shape index (κ3) is 3.64. The molecule has 0 heterocycles. The van der Waals surface area contributed by atoms with Gasteiger partial charge in [0.1, 0.15) is 0 Å². The summed E-state index contributed by atoms with van der Waals surface area (Å²) in [6, 6.07) is 9.57. The Morgan fingerprint density at radius 1 is 1.18 bits per heavy atom. The van der Waals surface area contributed by atoms with Gasteiger partial charge in [-0.15, -0.1) is 0 Å². The Labute approximate surface area is 137 Å². The fourth-order valence-electron chi connectivity index (χ4n) is 2.20. The number of carboxylic acid groups (broad SMARTS) is 1. The van der Waals surface area contributed by atoms with Crippen molar-refractivity contribution in [3.05, 3.63) is 57.6 Å². The van der Waals surface area contributed by atoms with Gasteiger partial charge in [-0.3, -0.25) is 4.79 Å². The molecule has 0 aliphatic heterocycles. The minimum Gasteiger partial charge on any atom is -0.504 e. The summed E-state index contributed by atoms with van der Waals surface area (Å²) < 4.78 is 5.03. The summed E-state index contributed by atoms with van der Waals surface area (Å²) in [6.45, 7) is 0.